The van der Waals surface area contributed by atoms with E-state index in [1.54, 1.807) is 24.5 Å². The van der Waals surface area contributed by atoms with E-state index in [2.05, 4.69) is 23.8 Å². The first-order valence-corrected chi connectivity index (χ1v) is 9.41. The topological polar surface area (TPSA) is 61.3 Å². The maximum atomic E-state index is 12.0. The molecule has 26 heavy (non-hydrogen) atoms. The van der Waals surface area contributed by atoms with Gasteiger partial charge >= 0.3 is 5.97 Å². The molecule has 1 heterocycles. The number of hydrogen-bond donors (Lipinski definition) is 0. The van der Waals surface area contributed by atoms with Crippen LogP contribution in [0.1, 0.15) is 52.9 Å². The van der Waals surface area contributed by atoms with Crippen LogP contribution in [0.2, 0.25) is 0 Å². The van der Waals surface area contributed by atoms with Crippen LogP contribution >= 0.6 is 0 Å². The highest BCUT2D eigenvalue weighted by Gasteiger charge is 2.14. The summed E-state index contributed by atoms with van der Waals surface area (Å²) >= 11 is 0. The molecule has 5 nitrogen and oxygen atoms in total. The number of rotatable bonds is 10. The fourth-order valence-electron chi connectivity index (χ4n) is 2.52. The first-order valence-electron chi connectivity index (χ1n) is 9.41. The minimum absolute atomic E-state index is 0.0899. The number of unbranched alkanes of at least 4 members (excludes halogenated alkanes) is 2. The molecule has 2 rings (SSSR count). The van der Waals surface area contributed by atoms with E-state index < -0.39 is 0 Å². The molecule has 0 spiro atoms. The molecule has 2 aromatic rings. The molecule has 0 saturated heterocycles. The highest BCUT2D eigenvalue weighted by molar-refractivity contribution is 5.75. The van der Waals surface area contributed by atoms with Gasteiger partial charge in [0.05, 0.1) is 24.9 Å². The van der Waals surface area contributed by atoms with Gasteiger partial charge in [0.25, 0.3) is 0 Å². The Balaban J connectivity index is 1.92. The van der Waals surface area contributed by atoms with Crippen molar-refractivity contribution in [3.05, 3.63) is 36.7 Å². The Bertz CT molecular complexity index is 669. The third-order valence-electron chi connectivity index (χ3n) is 4.10. The SMILES string of the molecule is CCCCCOc1cnc(-c2ccc(OC(=O)C(C)CCC)cc2)nc1. The molecule has 0 amide bonds. The van der Waals surface area contributed by atoms with Gasteiger partial charge in [-0.25, -0.2) is 9.97 Å². The van der Waals surface area contributed by atoms with E-state index in [4.69, 9.17) is 9.47 Å². The van der Waals surface area contributed by atoms with Crippen LogP contribution < -0.4 is 9.47 Å². The zero-order chi connectivity index (χ0) is 18.8. The van der Waals surface area contributed by atoms with Crippen LogP contribution in [-0.2, 0) is 4.79 Å². The highest BCUT2D eigenvalue weighted by Crippen LogP contribution is 2.21. The van der Waals surface area contributed by atoms with Crippen molar-refractivity contribution in [2.45, 2.75) is 52.9 Å². The third kappa shape index (κ3) is 6.14. The van der Waals surface area contributed by atoms with Crippen molar-refractivity contribution < 1.29 is 14.3 Å². The molecular weight excluding hydrogens is 328 g/mol. The average molecular weight is 356 g/mol. The highest BCUT2D eigenvalue weighted by atomic mass is 16.5. The monoisotopic (exact) mass is 356 g/mol. The summed E-state index contributed by atoms with van der Waals surface area (Å²) in [7, 11) is 0. The lowest BCUT2D eigenvalue weighted by molar-refractivity contribution is -0.138. The van der Waals surface area contributed by atoms with Crippen LogP contribution in [0.4, 0.5) is 0 Å². The van der Waals surface area contributed by atoms with Gasteiger partial charge in [-0.15, -0.1) is 0 Å². The average Bonchev–Trinajstić information content (AvgIpc) is 2.66. The number of ether oxygens (including phenoxy) is 2. The van der Waals surface area contributed by atoms with Gasteiger partial charge in [-0.3, -0.25) is 4.79 Å². The van der Waals surface area contributed by atoms with Crippen molar-refractivity contribution in [2.75, 3.05) is 6.61 Å². The zero-order valence-corrected chi connectivity index (χ0v) is 15.9. The second kappa shape index (κ2) is 10.5. The number of benzene rings is 1. The Kier molecular flexibility index (Phi) is 8.06. The standard InChI is InChI=1S/C21H28N2O3/c1-4-6-7-13-25-19-14-22-20(23-15-19)17-9-11-18(12-10-17)26-21(24)16(3)8-5-2/h9-12,14-16H,4-8,13H2,1-3H3. The number of carbonyl (C=O) groups is 1. The molecule has 0 aliphatic carbocycles. The quantitative estimate of drug-likeness (QED) is 0.338. The Morgan fingerprint density at radius 1 is 1.00 bits per heavy atom. The van der Waals surface area contributed by atoms with Crippen LogP contribution in [0.5, 0.6) is 11.5 Å². The minimum atomic E-state index is -0.194. The Labute approximate surface area is 155 Å². The smallest absolute Gasteiger partial charge is 0.314 e. The van der Waals surface area contributed by atoms with Gasteiger partial charge < -0.3 is 9.47 Å². The summed E-state index contributed by atoms with van der Waals surface area (Å²) in [6.45, 7) is 6.79. The molecule has 1 aromatic carbocycles. The fourth-order valence-corrected chi connectivity index (χ4v) is 2.52. The number of hydrogen-bond acceptors (Lipinski definition) is 5. The molecule has 1 aromatic heterocycles. The van der Waals surface area contributed by atoms with E-state index in [1.807, 2.05) is 19.1 Å². The minimum Gasteiger partial charge on any atom is -0.490 e. The fraction of sp³-hybridized carbons (Fsp3) is 0.476. The maximum Gasteiger partial charge on any atom is 0.314 e. The molecule has 1 atom stereocenters. The second-order valence-corrected chi connectivity index (χ2v) is 6.43. The first kappa shape index (κ1) is 19.9. The van der Waals surface area contributed by atoms with Gasteiger partial charge in [0.1, 0.15) is 5.75 Å². The van der Waals surface area contributed by atoms with Crippen molar-refractivity contribution >= 4 is 5.97 Å². The van der Waals surface area contributed by atoms with Crippen molar-refractivity contribution in [2.24, 2.45) is 5.92 Å². The summed E-state index contributed by atoms with van der Waals surface area (Å²) in [5.74, 6) is 1.55. The number of carbonyl (C=O) groups excluding carboxylic acids is 1. The molecule has 0 bridgehead atoms. The second-order valence-electron chi connectivity index (χ2n) is 6.43. The summed E-state index contributed by atoms with van der Waals surface area (Å²) < 4.78 is 11.0. The van der Waals surface area contributed by atoms with Gasteiger partial charge in [-0.05, 0) is 37.1 Å². The largest absolute Gasteiger partial charge is 0.490 e. The first-order chi connectivity index (χ1) is 12.6. The summed E-state index contributed by atoms with van der Waals surface area (Å²) in [4.78, 5) is 20.7. The van der Waals surface area contributed by atoms with Crippen molar-refractivity contribution in [3.63, 3.8) is 0 Å². The molecule has 0 saturated carbocycles. The number of aromatic nitrogens is 2. The molecule has 0 radical (unpaired) electrons. The normalized spacial score (nSPS) is 11.8. The lowest BCUT2D eigenvalue weighted by atomic mass is 10.1. The van der Waals surface area contributed by atoms with Gasteiger partial charge in [0.15, 0.2) is 11.6 Å². The van der Waals surface area contributed by atoms with Gasteiger partial charge in [-0.1, -0.05) is 40.0 Å². The maximum absolute atomic E-state index is 12.0. The Morgan fingerprint density at radius 2 is 1.69 bits per heavy atom. The van der Waals surface area contributed by atoms with Crippen LogP contribution in [0, 0.1) is 5.92 Å². The summed E-state index contributed by atoms with van der Waals surface area (Å²) in [6, 6.07) is 7.24. The molecule has 1 unspecified atom stereocenters. The Hall–Kier alpha value is -2.43. The predicted octanol–water partition coefficient (Wildman–Crippen LogP) is 5.05. The van der Waals surface area contributed by atoms with E-state index in [9.17, 15) is 4.79 Å². The van der Waals surface area contributed by atoms with Gasteiger partial charge in [-0.2, -0.15) is 0 Å². The summed E-state index contributed by atoms with van der Waals surface area (Å²) in [5, 5.41) is 0. The van der Waals surface area contributed by atoms with Crippen molar-refractivity contribution in [1.29, 1.82) is 0 Å². The van der Waals surface area contributed by atoms with E-state index in [0.29, 0.717) is 23.9 Å². The summed E-state index contributed by atoms with van der Waals surface area (Å²) in [6.07, 6.45) is 8.54. The lowest BCUT2D eigenvalue weighted by Gasteiger charge is -2.10. The predicted molar refractivity (Wildman–Crippen MR) is 102 cm³/mol. The lowest BCUT2D eigenvalue weighted by Crippen LogP contribution is -2.17. The van der Waals surface area contributed by atoms with E-state index >= 15 is 0 Å². The molecule has 0 aliphatic heterocycles. The number of esters is 1. The van der Waals surface area contributed by atoms with Crippen LogP contribution in [-0.4, -0.2) is 22.5 Å². The number of nitrogens with zero attached hydrogens (tertiary/aromatic N) is 2. The molecule has 0 fully saturated rings. The zero-order valence-electron chi connectivity index (χ0n) is 15.9. The van der Waals surface area contributed by atoms with Crippen molar-refractivity contribution in [1.82, 2.24) is 9.97 Å². The van der Waals surface area contributed by atoms with Crippen LogP contribution in [0.3, 0.4) is 0 Å². The van der Waals surface area contributed by atoms with Crippen LogP contribution in [0.25, 0.3) is 11.4 Å². The van der Waals surface area contributed by atoms with Crippen LogP contribution in [0.15, 0.2) is 36.7 Å². The van der Waals surface area contributed by atoms with Gasteiger partial charge in [0, 0.05) is 5.56 Å². The van der Waals surface area contributed by atoms with E-state index in [-0.39, 0.29) is 11.9 Å². The van der Waals surface area contributed by atoms with Crippen molar-refractivity contribution in [3.8, 4) is 22.9 Å². The third-order valence-corrected chi connectivity index (χ3v) is 4.10. The molecule has 5 heteroatoms. The van der Waals surface area contributed by atoms with Gasteiger partial charge in [0.2, 0.25) is 0 Å². The van der Waals surface area contributed by atoms with E-state index in [0.717, 1.165) is 31.2 Å². The molecule has 0 N–H and O–H groups in total. The Morgan fingerprint density at radius 3 is 2.31 bits per heavy atom. The molecular formula is C21H28N2O3. The molecule has 0 aliphatic rings. The van der Waals surface area contributed by atoms with E-state index in [1.165, 1.54) is 6.42 Å². The summed E-state index contributed by atoms with van der Waals surface area (Å²) in [5.41, 5.74) is 0.865. The molecule has 140 valence electrons.